The van der Waals surface area contributed by atoms with Crippen LogP contribution >= 0.6 is 0 Å². The maximum Gasteiger partial charge on any atom is 0.293 e. The molecule has 2 N–H and O–H groups in total. The van der Waals surface area contributed by atoms with Crippen molar-refractivity contribution in [1.82, 2.24) is 9.71 Å². The minimum absolute atomic E-state index is 0.0961. The van der Waals surface area contributed by atoms with Gasteiger partial charge in [-0.3, -0.25) is 15.1 Å². The first-order valence-electron chi connectivity index (χ1n) is 9.29. The van der Waals surface area contributed by atoms with E-state index in [1.807, 2.05) is 6.07 Å². The van der Waals surface area contributed by atoms with Crippen LogP contribution in [0, 0.1) is 16.0 Å². The topological polar surface area (TPSA) is 114 Å². The van der Waals surface area contributed by atoms with E-state index in [0.29, 0.717) is 12.5 Å². The second-order valence-corrected chi connectivity index (χ2v) is 8.90. The lowest BCUT2D eigenvalue weighted by molar-refractivity contribution is -0.384. The molecule has 0 spiro atoms. The maximum atomic E-state index is 12.7. The molecule has 1 aromatic heterocycles. The summed E-state index contributed by atoms with van der Waals surface area (Å²) >= 11 is 0. The molecule has 0 radical (unpaired) electrons. The highest BCUT2D eigenvalue weighted by molar-refractivity contribution is 7.89. The van der Waals surface area contributed by atoms with E-state index in [4.69, 9.17) is 0 Å². The SMILES string of the molecule is CC1CCC(NS(=O)(=O)c2ccc(NCc3ccccn3)c([N+](=O)[O-])c2)CC1. The van der Waals surface area contributed by atoms with Crippen molar-refractivity contribution in [3.05, 3.63) is 58.4 Å². The molecule has 1 saturated carbocycles. The molecule has 0 aliphatic heterocycles. The van der Waals surface area contributed by atoms with Gasteiger partial charge in [0.25, 0.3) is 5.69 Å². The molecule has 0 unspecified atom stereocenters. The summed E-state index contributed by atoms with van der Waals surface area (Å²) < 4.78 is 28.1. The lowest BCUT2D eigenvalue weighted by atomic mass is 9.88. The van der Waals surface area contributed by atoms with Crippen molar-refractivity contribution < 1.29 is 13.3 Å². The first-order chi connectivity index (χ1) is 13.3. The van der Waals surface area contributed by atoms with Crippen LogP contribution in [0.3, 0.4) is 0 Å². The molecular formula is C19H24N4O4S. The van der Waals surface area contributed by atoms with E-state index in [2.05, 4.69) is 21.9 Å². The van der Waals surface area contributed by atoms with Crippen LogP contribution < -0.4 is 10.0 Å². The number of hydrogen-bond acceptors (Lipinski definition) is 6. The zero-order valence-corrected chi connectivity index (χ0v) is 16.5. The van der Waals surface area contributed by atoms with Crippen molar-refractivity contribution in [3.8, 4) is 0 Å². The van der Waals surface area contributed by atoms with Crippen LogP contribution in [0.4, 0.5) is 11.4 Å². The Morgan fingerprint density at radius 3 is 2.57 bits per heavy atom. The molecule has 1 aliphatic rings. The average Bonchev–Trinajstić information content (AvgIpc) is 2.68. The van der Waals surface area contributed by atoms with Gasteiger partial charge in [0.05, 0.1) is 22.1 Å². The van der Waals surface area contributed by atoms with E-state index in [1.165, 1.54) is 12.1 Å². The monoisotopic (exact) mass is 404 g/mol. The number of nitro benzene ring substituents is 1. The molecule has 28 heavy (non-hydrogen) atoms. The number of nitro groups is 1. The van der Waals surface area contributed by atoms with Gasteiger partial charge in [0.2, 0.25) is 10.0 Å². The third kappa shape index (κ3) is 5.05. The summed E-state index contributed by atoms with van der Waals surface area (Å²) in [5.74, 6) is 0.603. The number of nitrogens with one attached hydrogen (secondary N) is 2. The van der Waals surface area contributed by atoms with Gasteiger partial charge < -0.3 is 5.32 Å². The Morgan fingerprint density at radius 2 is 1.93 bits per heavy atom. The number of anilines is 1. The number of pyridine rings is 1. The van der Waals surface area contributed by atoms with E-state index >= 15 is 0 Å². The highest BCUT2D eigenvalue weighted by atomic mass is 32.2. The summed E-state index contributed by atoms with van der Waals surface area (Å²) in [6, 6.07) is 9.21. The Bertz CT molecular complexity index is 926. The van der Waals surface area contributed by atoms with Gasteiger partial charge in [0.1, 0.15) is 5.69 Å². The van der Waals surface area contributed by atoms with E-state index < -0.39 is 14.9 Å². The van der Waals surface area contributed by atoms with Gasteiger partial charge in [-0.1, -0.05) is 13.0 Å². The van der Waals surface area contributed by atoms with Gasteiger partial charge in [-0.2, -0.15) is 0 Å². The van der Waals surface area contributed by atoms with Crippen molar-refractivity contribution in [3.63, 3.8) is 0 Å². The number of hydrogen-bond donors (Lipinski definition) is 2. The van der Waals surface area contributed by atoms with Gasteiger partial charge in [-0.05, 0) is 55.9 Å². The van der Waals surface area contributed by atoms with E-state index in [0.717, 1.165) is 37.4 Å². The normalized spacial score (nSPS) is 19.9. The summed E-state index contributed by atoms with van der Waals surface area (Å²) in [5.41, 5.74) is 0.693. The second-order valence-electron chi connectivity index (χ2n) is 7.19. The van der Waals surface area contributed by atoms with Crippen LogP contribution in [0.1, 0.15) is 38.3 Å². The van der Waals surface area contributed by atoms with E-state index in [1.54, 1.807) is 18.3 Å². The quantitative estimate of drug-likeness (QED) is 0.539. The van der Waals surface area contributed by atoms with Gasteiger partial charge in [-0.25, -0.2) is 13.1 Å². The average molecular weight is 404 g/mol. The highest BCUT2D eigenvalue weighted by Crippen LogP contribution is 2.29. The van der Waals surface area contributed by atoms with Crippen molar-refractivity contribution in [2.45, 2.75) is 50.1 Å². The molecular weight excluding hydrogens is 380 g/mol. The molecule has 1 heterocycles. The standard InChI is InChI=1S/C19H24N4O4S/c1-14-5-7-15(8-6-14)22-28(26,27)17-9-10-18(19(12-17)23(24)25)21-13-16-4-2-3-11-20-16/h2-4,9-12,14-15,21-22H,5-8,13H2,1H3. The summed E-state index contributed by atoms with van der Waals surface area (Å²) in [5, 5.41) is 14.4. The molecule has 0 amide bonds. The summed E-state index contributed by atoms with van der Waals surface area (Å²) in [6.45, 7) is 2.46. The molecule has 8 nitrogen and oxygen atoms in total. The minimum atomic E-state index is -3.81. The van der Waals surface area contributed by atoms with Crippen LogP contribution in [0.2, 0.25) is 0 Å². The van der Waals surface area contributed by atoms with Gasteiger partial charge in [0, 0.05) is 18.3 Å². The fraction of sp³-hybridized carbons (Fsp3) is 0.421. The Hall–Kier alpha value is -2.52. The lowest BCUT2D eigenvalue weighted by Crippen LogP contribution is -2.37. The van der Waals surface area contributed by atoms with E-state index in [9.17, 15) is 18.5 Å². The fourth-order valence-corrected chi connectivity index (χ4v) is 4.66. The lowest BCUT2D eigenvalue weighted by Gasteiger charge is -2.26. The molecule has 9 heteroatoms. The number of rotatable bonds is 7. The minimum Gasteiger partial charge on any atom is -0.374 e. The number of aromatic nitrogens is 1. The van der Waals surface area contributed by atoms with Gasteiger partial charge >= 0.3 is 0 Å². The number of sulfonamides is 1. The van der Waals surface area contributed by atoms with Crippen LogP contribution in [0.25, 0.3) is 0 Å². The molecule has 0 saturated heterocycles. The van der Waals surface area contributed by atoms with Gasteiger partial charge in [0.15, 0.2) is 0 Å². The van der Waals surface area contributed by atoms with E-state index in [-0.39, 0.29) is 22.3 Å². The fourth-order valence-electron chi connectivity index (χ4n) is 3.33. The Morgan fingerprint density at radius 1 is 1.18 bits per heavy atom. The molecule has 1 aliphatic carbocycles. The first-order valence-corrected chi connectivity index (χ1v) is 10.8. The predicted molar refractivity (Wildman–Crippen MR) is 106 cm³/mol. The second kappa shape index (κ2) is 8.66. The largest absolute Gasteiger partial charge is 0.374 e. The summed E-state index contributed by atoms with van der Waals surface area (Å²) in [7, 11) is -3.81. The van der Waals surface area contributed by atoms with Crippen molar-refractivity contribution >= 4 is 21.4 Å². The highest BCUT2D eigenvalue weighted by Gasteiger charge is 2.26. The molecule has 0 bridgehead atoms. The Balaban J connectivity index is 1.76. The van der Waals surface area contributed by atoms with Crippen molar-refractivity contribution in [2.75, 3.05) is 5.32 Å². The zero-order chi connectivity index (χ0) is 20.1. The zero-order valence-electron chi connectivity index (χ0n) is 15.7. The predicted octanol–water partition coefficient (Wildman–Crippen LogP) is 3.46. The molecule has 1 fully saturated rings. The van der Waals surface area contributed by atoms with Gasteiger partial charge in [-0.15, -0.1) is 0 Å². The van der Waals surface area contributed by atoms with Crippen LogP contribution in [-0.4, -0.2) is 24.4 Å². The Kier molecular flexibility index (Phi) is 6.25. The molecule has 3 rings (SSSR count). The van der Waals surface area contributed by atoms with Crippen LogP contribution in [-0.2, 0) is 16.6 Å². The molecule has 150 valence electrons. The first kappa shape index (κ1) is 20.2. The maximum absolute atomic E-state index is 12.7. The molecule has 0 atom stereocenters. The molecule has 2 aromatic rings. The van der Waals surface area contributed by atoms with Crippen molar-refractivity contribution in [2.24, 2.45) is 5.92 Å². The third-order valence-electron chi connectivity index (χ3n) is 5.00. The van der Waals surface area contributed by atoms with Crippen LogP contribution in [0.15, 0.2) is 47.5 Å². The van der Waals surface area contributed by atoms with Crippen LogP contribution in [0.5, 0.6) is 0 Å². The van der Waals surface area contributed by atoms with Crippen molar-refractivity contribution in [1.29, 1.82) is 0 Å². The number of benzene rings is 1. The molecule has 1 aromatic carbocycles. The number of nitrogens with zero attached hydrogens (tertiary/aromatic N) is 2. The summed E-state index contributed by atoms with van der Waals surface area (Å²) in [4.78, 5) is 15.0. The Labute approximate surface area is 164 Å². The smallest absolute Gasteiger partial charge is 0.293 e. The summed E-state index contributed by atoms with van der Waals surface area (Å²) in [6.07, 6.45) is 5.16. The third-order valence-corrected chi connectivity index (χ3v) is 6.52.